The van der Waals surface area contributed by atoms with Crippen molar-refractivity contribution in [3.8, 4) is 0 Å². The van der Waals surface area contributed by atoms with E-state index in [0.29, 0.717) is 36.8 Å². The second kappa shape index (κ2) is 19.4. The van der Waals surface area contributed by atoms with Gasteiger partial charge in [-0.3, -0.25) is 14.2 Å². The number of aliphatic hydroxyl groups is 1. The number of anilines is 1. The van der Waals surface area contributed by atoms with Crippen LogP contribution in [0.5, 0.6) is 0 Å². The Kier molecular flexibility index (Phi) is 15.4. The van der Waals surface area contributed by atoms with E-state index in [1.54, 1.807) is 43.0 Å². The molecule has 270 valence electrons. The molecule has 0 aromatic heterocycles. The van der Waals surface area contributed by atoms with Gasteiger partial charge in [0.25, 0.3) is 0 Å². The standard InChI is InChI=1S/C35H49ClN3O9P/c1-3-47-49(44,48-4-2)34(42)29(17-18-32(40)39-19-20-45-24-27-14-8-9-16-31(27)39)37-33(41)30(22-25-11-6-5-7-12-25)38-35(43)46-23-26-13-10-15-28(36)21-26/h8-10,13-16,21,25,29-30,34,42H,3-7,11-12,17-20,22-24H2,1-2H3,(H,37,41)(H,38,43). The molecular formula is C35H49ClN3O9P. The van der Waals surface area contributed by atoms with Crippen LogP contribution in [0, 0.1) is 5.92 Å². The molecule has 0 spiro atoms. The molecule has 3 atom stereocenters. The molecule has 1 saturated carbocycles. The van der Waals surface area contributed by atoms with E-state index in [2.05, 4.69) is 10.6 Å². The molecule has 2 aromatic carbocycles. The van der Waals surface area contributed by atoms with E-state index in [-0.39, 0.29) is 44.5 Å². The first-order valence-corrected chi connectivity index (χ1v) is 19.1. The van der Waals surface area contributed by atoms with E-state index < -0.39 is 37.5 Å². The van der Waals surface area contributed by atoms with Crippen LogP contribution in [0.25, 0.3) is 0 Å². The number of carbonyl (C=O) groups excluding carboxylic acids is 3. The zero-order chi connectivity index (χ0) is 35.2. The van der Waals surface area contributed by atoms with E-state index in [4.69, 9.17) is 30.1 Å². The van der Waals surface area contributed by atoms with Gasteiger partial charge >= 0.3 is 13.7 Å². The van der Waals surface area contributed by atoms with E-state index in [1.807, 2.05) is 24.3 Å². The highest BCUT2D eigenvalue weighted by atomic mass is 35.5. The number of amides is 3. The second-order valence-corrected chi connectivity index (χ2v) is 14.9. The minimum Gasteiger partial charge on any atom is -0.445 e. The van der Waals surface area contributed by atoms with Gasteiger partial charge in [-0.25, -0.2) is 4.79 Å². The fourth-order valence-corrected chi connectivity index (χ4v) is 8.30. The summed E-state index contributed by atoms with van der Waals surface area (Å²) >= 11 is 6.06. The number of nitrogens with one attached hydrogen (secondary N) is 2. The smallest absolute Gasteiger partial charge is 0.408 e. The molecule has 3 N–H and O–H groups in total. The van der Waals surface area contributed by atoms with E-state index >= 15 is 0 Å². The number of hydrogen-bond acceptors (Lipinski definition) is 9. The highest BCUT2D eigenvalue weighted by Gasteiger charge is 2.42. The van der Waals surface area contributed by atoms with Crippen LogP contribution in [0.2, 0.25) is 5.02 Å². The molecule has 0 saturated heterocycles. The van der Waals surface area contributed by atoms with Crippen molar-refractivity contribution in [1.82, 2.24) is 10.6 Å². The number of fused-ring (bicyclic) bond motifs is 1. The first-order chi connectivity index (χ1) is 23.6. The third-order valence-electron chi connectivity index (χ3n) is 8.76. The van der Waals surface area contributed by atoms with Crippen molar-refractivity contribution in [2.24, 2.45) is 5.92 Å². The average molecular weight is 722 g/mol. The van der Waals surface area contributed by atoms with Crippen LogP contribution in [-0.2, 0) is 45.9 Å². The highest BCUT2D eigenvalue weighted by molar-refractivity contribution is 7.54. The number of ether oxygens (including phenoxy) is 2. The lowest BCUT2D eigenvalue weighted by atomic mass is 9.84. The Bertz CT molecular complexity index is 1430. The normalized spacial score (nSPS) is 17.3. The zero-order valence-electron chi connectivity index (χ0n) is 28.3. The second-order valence-electron chi connectivity index (χ2n) is 12.3. The number of aliphatic hydroxyl groups excluding tert-OH is 1. The maximum Gasteiger partial charge on any atom is 0.408 e. The van der Waals surface area contributed by atoms with Crippen molar-refractivity contribution in [3.05, 3.63) is 64.7 Å². The number of carbonyl (C=O) groups is 3. The van der Waals surface area contributed by atoms with E-state index in [1.165, 1.54) is 0 Å². The molecule has 3 unspecified atom stereocenters. The van der Waals surface area contributed by atoms with Crippen molar-refractivity contribution in [1.29, 1.82) is 0 Å². The summed E-state index contributed by atoms with van der Waals surface area (Å²) in [6.07, 6.45) is 4.36. The van der Waals surface area contributed by atoms with Crippen LogP contribution >= 0.6 is 19.2 Å². The first kappa shape index (κ1) is 38.8. The molecule has 1 fully saturated rings. The Morgan fingerprint density at radius 1 is 1.04 bits per heavy atom. The lowest BCUT2D eigenvalue weighted by Gasteiger charge is -2.32. The molecule has 12 nitrogen and oxygen atoms in total. The summed E-state index contributed by atoms with van der Waals surface area (Å²) in [5.74, 6) is -2.46. The Morgan fingerprint density at radius 3 is 2.49 bits per heavy atom. The van der Waals surface area contributed by atoms with Gasteiger partial charge in [-0.1, -0.05) is 74.0 Å². The first-order valence-electron chi connectivity index (χ1n) is 17.1. The van der Waals surface area contributed by atoms with Crippen LogP contribution in [0.4, 0.5) is 10.5 Å². The van der Waals surface area contributed by atoms with Gasteiger partial charge in [0.05, 0.1) is 32.5 Å². The molecule has 2 aromatic rings. The zero-order valence-corrected chi connectivity index (χ0v) is 30.0. The van der Waals surface area contributed by atoms with Crippen molar-refractivity contribution < 1.29 is 42.6 Å². The maximum atomic E-state index is 14.0. The summed E-state index contributed by atoms with van der Waals surface area (Å²) in [5.41, 5.74) is 2.28. The Labute approximate surface area is 293 Å². The molecule has 1 aliphatic carbocycles. The number of halogens is 1. The third-order valence-corrected chi connectivity index (χ3v) is 11.2. The summed E-state index contributed by atoms with van der Waals surface area (Å²) < 4.78 is 35.7. The molecule has 0 radical (unpaired) electrons. The monoisotopic (exact) mass is 721 g/mol. The van der Waals surface area contributed by atoms with Gasteiger partial charge in [0.15, 0.2) is 5.85 Å². The van der Waals surface area contributed by atoms with Crippen molar-refractivity contribution in [3.63, 3.8) is 0 Å². The minimum atomic E-state index is -4.14. The Balaban J connectivity index is 1.53. The van der Waals surface area contributed by atoms with Gasteiger partial charge in [0, 0.05) is 29.2 Å². The van der Waals surface area contributed by atoms with Crippen molar-refractivity contribution in [2.45, 2.75) is 96.4 Å². The largest absolute Gasteiger partial charge is 0.445 e. The summed E-state index contributed by atoms with van der Waals surface area (Å²) in [6, 6.07) is 12.1. The van der Waals surface area contributed by atoms with Gasteiger partial charge in [0.2, 0.25) is 11.8 Å². The van der Waals surface area contributed by atoms with Gasteiger partial charge in [0.1, 0.15) is 12.6 Å². The molecular weight excluding hydrogens is 673 g/mol. The number of nitrogens with zero attached hydrogens (tertiary/aromatic N) is 1. The van der Waals surface area contributed by atoms with Crippen molar-refractivity contribution in [2.75, 3.05) is 31.3 Å². The van der Waals surface area contributed by atoms with Crippen molar-refractivity contribution >= 4 is 42.8 Å². The number of hydrogen-bond donors (Lipinski definition) is 3. The van der Waals surface area contributed by atoms with Crippen LogP contribution in [0.15, 0.2) is 48.5 Å². The predicted molar refractivity (Wildman–Crippen MR) is 186 cm³/mol. The van der Waals surface area contributed by atoms with Crippen LogP contribution in [0.1, 0.15) is 76.3 Å². The van der Waals surface area contributed by atoms with Crippen LogP contribution in [-0.4, -0.2) is 67.3 Å². The van der Waals surface area contributed by atoms with Crippen LogP contribution < -0.4 is 15.5 Å². The van der Waals surface area contributed by atoms with E-state index in [9.17, 15) is 24.1 Å². The molecule has 2 aliphatic rings. The minimum absolute atomic E-state index is 0.0111. The molecule has 1 aliphatic heterocycles. The Morgan fingerprint density at radius 2 is 1.78 bits per heavy atom. The van der Waals surface area contributed by atoms with Crippen LogP contribution in [0.3, 0.4) is 0 Å². The third kappa shape index (κ3) is 11.5. The molecule has 4 rings (SSSR count). The van der Waals surface area contributed by atoms with E-state index in [0.717, 1.165) is 43.4 Å². The predicted octanol–water partition coefficient (Wildman–Crippen LogP) is 6.32. The van der Waals surface area contributed by atoms with Gasteiger partial charge in [-0.15, -0.1) is 0 Å². The van der Waals surface area contributed by atoms with Gasteiger partial charge < -0.3 is 39.2 Å². The average Bonchev–Trinajstić information content (AvgIpc) is 3.32. The Hall–Kier alpha value is -2.99. The molecule has 49 heavy (non-hydrogen) atoms. The number of para-hydroxylation sites is 1. The number of rotatable bonds is 16. The molecule has 0 bridgehead atoms. The molecule has 14 heteroatoms. The summed E-state index contributed by atoms with van der Waals surface area (Å²) in [6.45, 7) is 4.21. The fraction of sp³-hybridized carbons (Fsp3) is 0.571. The van der Waals surface area contributed by atoms with Gasteiger partial charge in [-0.2, -0.15) is 0 Å². The maximum absolute atomic E-state index is 14.0. The topological polar surface area (TPSA) is 153 Å². The fourth-order valence-electron chi connectivity index (χ4n) is 6.32. The van der Waals surface area contributed by atoms with Gasteiger partial charge in [-0.05, 0) is 56.4 Å². The highest BCUT2D eigenvalue weighted by Crippen LogP contribution is 2.53. The molecule has 3 amide bonds. The number of alkyl carbamates (subject to hydrolysis) is 1. The number of benzene rings is 2. The summed E-state index contributed by atoms with van der Waals surface area (Å²) in [7, 11) is -4.14. The lowest BCUT2D eigenvalue weighted by molar-refractivity contribution is -0.125. The summed E-state index contributed by atoms with van der Waals surface area (Å²) in [4.78, 5) is 42.2. The SMILES string of the molecule is CCOP(=O)(OCC)C(O)C(CCC(=O)N1CCOCc2ccccc21)NC(=O)C(CC1CCCCC1)NC(=O)OCc1cccc(Cl)c1. The quantitative estimate of drug-likeness (QED) is 0.169. The molecule has 1 heterocycles. The summed E-state index contributed by atoms with van der Waals surface area (Å²) in [5, 5.41) is 17.5. The lowest BCUT2D eigenvalue weighted by Crippen LogP contribution is -2.53.